The Bertz CT molecular complexity index is 566. The molecule has 0 aliphatic heterocycles. The molecule has 0 fully saturated rings. The molecule has 1 aromatic carbocycles. The number of amides is 2. The minimum absolute atomic E-state index is 0. The zero-order valence-electron chi connectivity index (χ0n) is 16.7. The van der Waals surface area contributed by atoms with Crippen molar-refractivity contribution in [2.24, 2.45) is 11.7 Å². The first-order chi connectivity index (χ1) is 11.9. The summed E-state index contributed by atoms with van der Waals surface area (Å²) in [5.41, 5.74) is 8.05. The van der Waals surface area contributed by atoms with Gasteiger partial charge in [-0.3, -0.25) is 14.5 Å². The quantitative estimate of drug-likeness (QED) is 0.540. The molecule has 27 heavy (non-hydrogen) atoms. The van der Waals surface area contributed by atoms with Crippen LogP contribution in [0.1, 0.15) is 38.8 Å². The van der Waals surface area contributed by atoms with Crippen LogP contribution in [-0.2, 0) is 22.7 Å². The van der Waals surface area contributed by atoms with Crippen LogP contribution in [0, 0.1) is 5.92 Å². The maximum absolute atomic E-state index is 12.0. The largest absolute Gasteiger partial charge is 0.350 e. The van der Waals surface area contributed by atoms with Crippen LogP contribution in [0.2, 0.25) is 0 Å². The second-order valence-electron chi connectivity index (χ2n) is 6.49. The molecule has 0 saturated heterocycles. The van der Waals surface area contributed by atoms with Crippen LogP contribution in [0.5, 0.6) is 0 Å². The van der Waals surface area contributed by atoms with Crippen molar-refractivity contribution in [3.05, 3.63) is 35.4 Å². The highest BCUT2D eigenvalue weighted by Crippen LogP contribution is 2.11. The van der Waals surface area contributed by atoms with E-state index in [9.17, 15) is 9.59 Å². The highest BCUT2D eigenvalue weighted by molar-refractivity contribution is 5.87. The molecule has 0 aliphatic rings. The van der Waals surface area contributed by atoms with E-state index in [0.29, 0.717) is 6.54 Å². The first-order valence-electron chi connectivity index (χ1n) is 8.98. The Morgan fingerprint density at radius 2 is 1.59 bits per heavy atom. The molecule has 1 rings (SSSR count). The summed E-state index contributed by atoms with van der Waals surface area (Å²) >= 11 is 0. The van der Waals surface area contributed by atoms with E-state index in [-0.39, 0.29) is 49.1 Å². The van der Waals surface area contributed by atoms with Crippen molar-refractivity contribution in [2.75, 3.05) is 19.6 Å². The van der Waals surface area contributed by atoms with Gasteiger partial charge in [0.2, 0.25) is 11.8 Å². The van der Waals surface area contributed by atoms with Gasteiger partial charge in [-0.2, -0.15) is 0 Å². The van der Waals surface area contributed by atoms with Crippen LogP contribution in [0.3, 0.4) is 0 Å². The molecule has 0 saturated carbocycles. The first-order valence-corrected chi connectivity index (χ1v) is 8.98. The summed E-state index contributed by atoms with van der Waals surface area (Å²) < 4.78 is 0. The molecule has 0 bridgehead atoms. The lowest BCUT2D eigenvalue weighted by Crippen LogP contribution is -2.47. The van der Waals surface area contributed by atoms with Gasteiger partial charge in [0.15, 0.2) is 0 Å². The molecular weight excluding hydrogens is 387 g/mol. The van der Waals surface area contributed by atoms with Gasteiger partial charge in [-0.25, -0.2) is 0 Å². The Morgan fingerprint density at radius 3 is 2.11 bits per heavy atom. The van der Waals surface area contributed by atoms with Crippen molar-refractivity contribution >= 4 is 36.6 Å². The third kappa shape index (κ3) is 9.96. The summed E-state index contributed by atoms with van der Waals surface area (Å²) in [5.74, 6) is -0.482. The summed E-state index contributed by atoms with van der Waals surface area (Å²) in [6.45, 7) is 11.2. The maximum Gasteiger partial charge on any atom is 0.239 e. The number of carbonyl (C=O) groups excluding carboxylic acids is 2. The molecule has 4 N–H and O–H groups in total. The number of carbonyl (C=O) groups is 2. The Kier molecular flexibility index (Phi) is 15.2. The van der Waals surface area contributed by atoms with Crippen LogP contribution in [-0.4, -0.2) is 42.4 Å². The zero-order valence-corrected chi connectivity index (χ0v) is 18.3. The average Bonchev–Trinajstić information content (AvgIpc) is 2.62. The predicted octanol–water partition coefficient (Wildman–Crippen LogP) is 2.09. The molecular formula is C19H34Cl2N4O2. The molecule has 0 unspecified atom stereocenters. The Labute approximate surface area is 175 Å². The van der Waals surface area contributed by atoms with E-state index in [4.69, 9.17) is 5.73 Å². The van der Waals surface area contributed by atoms with Gasteiger partial charge < -0.3 is 16.4 Å². The predicted molar refractivity (Wildman–Crippen MR) is 115 cm³/mol. The summed E-state index contributed by atoms with van der Waals surface area (Å²) in [4.78, 5) is 26.1. The lowest BCUT2D eigenvalue weighted by atomic mass is 10.1. The second-order valence-corrected chi connectivity index (χ2v) is 6.49. The Hall–Kier alpha value is -1.34. The zero-order chi connectivity index (χ0) is 18.8. The summed E-state index contributed by atoms with van der Waals surface area (Å²) in [5, 5.41) is 5.44. The topological polar surface area (TPSA) is 87.5 Å². The summed E-state index contributed by atoms with van der Waals surface area (Å²) in [6, 6.07) is 7.49. The normalized spacial score (nSPS) is 11.4. The fourth-order valence-electron chi connectivity index (χ4n) is 2.42. The average molecular weight is 421 g/mol. The molecule has 2 amide bonds. The number of hydrogen-bond acceptors (Lipinski definition) is 4. The molecule has 1 atom stereocenters. The van der Waals surface area contributed by atoms with Gasteiger partial charge in [0, 0.05) is 13.1 Å². The van der Waals surface area contributed by atoms with Crippen molar-refractivity contribution in [1.82, 2.24) is 15.5 Å². The molecule has 0 aromatic heterocycles. The van der Waals surface area contributed by atoms with Crippen molar-refractivity contribution in [1.29, 1.82) is 0 Å². The third-order valence-electron chi connectivity index (χ3n) is 4.33. The van der Waals surface area contributed by atoms with E-state index < -0.39 is 6.04 Å². The van der Waals surface area contributed by atoms with Gasteiger partial charge in [0.1, 0.15) is 0 Å². The number of benzene rings is 1. The van der Waals surface area contributed by atoms with Crippen LogP contribution >= 0.6 is 24.8 Å². The minimum Gasteiger partial charge on any atom is -0.350 e. The number of hydrogen-bond donors (Lipinski definition) is 3. The minimum atomic E-state index is -0.595. The van der Waals surface area contributed by atoms with E-state index in [1.807, 2.05) is 32.0 Å². The third-order valence-corrected chi connectivity index (χ3v) is 4.33. The van der Waals surface area contributed by atoms with Gasteiger partial charge >= 0.3 is 0 Å². The molecule has 0 spiro atoms. The highest BCUT2D eigenvalue weighted by Gasteiger charge is 2.17. The molecule has 1 aromatic rings. The van der Waals surface area contributed by atoms with E-state index in [1.165, 1.54) is 5.56 Å². The lowest BCUT2D eigenvalue weighted by molar-refractivity contribution is -0.127. The van der Waals surface area contributed by atoms with Gasteiger partial charge in [-0.05, 0) is 30.1 Å². The second kappa shape index (κ2) is 14.7. The Balaban J connectivity index is 0. The van der Waals surface area contributed by atoms with E-state index >= 15 is 0 Å². The number of nitrogens with two attached hydrogens (primary N) is 1. The van der Waals surface area contributed by atoms with Gasteiger partial charge in [0.05, 0.1) is 12.6 Å². The fourth-order valence-corrected chi connectivity index (χ4v) is 2.42. The molecule has 0 radical (unpaired) electrons. The van der Waals surface area contributed by atoms with Crippen molar-refractivity contribution in [2.45, 2.75) is 46.8 Å². The van der Waals surface area contributed by atoms with Gasteiger partial charge in [0.25, 0.3) is 0 Å². The standard InChI is InChI=1S/C19H32N4O2.2ClH/c1-5-23(6-2)13-16-10-8-7-9-15(16)11-21-17(24)12-22-19(25)18(20)14(3)4;;/h7-10,14,18H,5-6,11-13,20H2,1-4H3,(H,21,24)(H,22,25);2*1H/t18-;;/m0../s1. The van der Waals surface area contributed by atoms with Crippen LogP contribution in [0.4, 0.5) is 0 Å². The van der Waals surface area contributed by atoms with Crippen LogP contribution in [0.25, 0.3) is 0 Å². The van der Waals surface area contributed by atoms with Crippen LogP contribution in [0.15, 0.2) is 24.3 Å². The van der Waals surface area contributed by atoms with Gasteiger partial charge in [-0.1, -0.05) is 52.0 Å². The van der Waals surface area contributed by atoms with E-state index in [2.05, 4.69) is 35.4 Å². The van der Waals surface area contributed by atoms with Gasteiger partial charge in [-0.15, -0.1) is 24.8 Å². The van der Waals surface area contributed by atoms with Crippen molar-refractivity contribution in [3.63, 3.8) is 0 Å². The molecule has 0 heterocycles. The SMILES string of the molecule is CCN(CC)Cc1ccccc1CNC(=O)CNC(=O)[C@@H](N)C(C)C.Cl.Cl. The molecule has 0 aliphatic carbocycles. The monoisotopic (exact) mass is 420 g/mol. The first kappa shape index (κ1) is 27.9. The number of halogens is 2. The Morgan fingerprint density at radius 1 is 1.04 bits per heavy atom. The summed E-state index contributed by atoms with van der Waals surface area (Å²) in [7, 11) is 0. The molecule has 6 nitrogen and oxygen atoms in total. The number of nitrogens with one attached hydrogen (secondary N) is 2. The van der Waals surface area contributed by atoms with E-state index in [0.717, 1.165) is 25.2 Å². The van der Waals surface area contributed by atoms with Crippen molar-refractivity contribution < 1.29 is 9.59 Å². The molecule has 156 valence electrons. The molecule has 8 heteroatoms. The smallest absolute Gasteiger partial charge is 0.239 e. The van der Waals surface area contributed by atoms with E-state index in [1.54, 1.807) is 0 Å². The van der Waals surface area contributed by atoms with Crippen molar-refractivity contribution in [3.8, 4) is 0 Å². The summed E-state index contributed by atoms with van der Waals surface area (Å²) in [6.07, 6.45) is 0. The number of nitrogens with zero attached hydrogens (tertiary/aromatic N) is 1. The maximum atomic E-state index is 12.0. The highest BCUT2D eigenvalue weighted by atomic mass is 35.5. The van der Waals surface area contributed by atoms with Crippen LogP contribution < -0.4 is 16.4 Å². The lowest BCUT2D eigenvalue weighted by Gasteiger charge is -2.20. The number of rotatable bonds is 10. The fraction of sp³-hybridized carbons (Fsp3) is 0.579.